The lowest BCUT2D eigenvalue weighted by Gasteiger charge is -2.11. The van der Waals surface area contributed by atoms with Crippen LogP contribution in [0.5, 0.6) is 0 Å². The Morgan fingerprint density at radius 3 is 2.79 bits per heavy atom. The summed E-state index contributed by atoms with van der Waals surface area (Å²) in [4.78, 5) is 11.8. The van der Waals surface area contributed by atoms with Crippen LogP contribution in [0.3, 0.4) is 0 Å². The molecule has 1 heterocycles. The van der Waals surface area contributed by atoms with Gasteiger partial charge in [0.25, 0.3) is 0 Å². The van der Waals surface area contributed by atoms with E-state index in [1.54, 1.807) is 24.0 Å². The molecule has 0 amide bonds. The molecule has 0 aromatic carbocycles. The van der Waals surface area contributed by atoms with Gasteiger partial charge in [-0.1, -0.05) is 6.92 Å². The van der Waals surface area contributed by atoms with E-state index in [2.05, 4.69) is 5.10 Å². The van der Waals surface area contributed by atoms with E-state index in [1.807, 2.05) is 13.8 Å². The predicted molar refractivity (Wildman–Crippen MR) is 53.2 cm³/mol. The van der Waals surface area contributed by atoms with Crippen molar-refractivity contribution in [2.45, 2.75) is 26.4 Å². The Kier molecular flexibility index (Phi) is 3.83. The Labute approximate surface area is 83.9 Å². The van der Waals surface area contributed by atoms with Crippen molar-refractivity contribution in [1.82, 2.24) is 9.78 Å². The zero-order valence-corrected chi connectivity index (χ0v) is 8.86. The van der Waals surface area contributed by atoms with Crippen molar-refractivity contribution in [2.24, 2.45) is 7.05 Å². The van der Waals surface area contributed by atoms with Crippen molar-refractivity contribution in [3.8, 4) is 0 Å². The SMILES string of the molecule is CCOC(CC)C(=O)c1ccn(C)n1. The average Bonchev–Trinajstić information content (AvgIpc) is 2.60. The number of carbonyl (C=O) groups is 1. The van der Waals surface area contributed by atoms with Crippen molar-refractivity contribution in [3.05, 3.63) is 18.0 Å². The number of nitrogens with zero attached hydrogens (tertiary/aromatic N) is 2. The van der Waals surface area contributed by atoms with Crippen LogP contribution in [0.2, 0.25) is 0 Å². The first-order chi connectivity index (χ1) is 6.69. The molecule has 1 atom stereocenters. The van der Waals surface area contributed by atoms with Gasteiger partial charge < -0.3 is 4.74 Å². The average molecular weight is 196 g/mol. The molecule has 14 heavy (non-hydrogen) atoms. The normalized spacial score (nSPS) is 12.8. The molecule has 0 aliphatic carbocycles. The smallest absolute Gasteiger partial charge is 0.211 e. The monoisotopic (exact) mass is 196 g/mol. The Morgan fingerprint density at radius 2 is 2.36 bits per heavy atom. The zero-order chi connectivity index (χ0) is 10.6. The lowest BCUT2D eigenvalue weighted by atomic mass is 10.1. The molecule has 0 saturated carbocycles. The molecule has 0 fully saturated rings. The summed E-state index contributed by atoms with van der Waals surface area (Å²) < 4.78 is 6.93. The molecule has 0 saturated heterocycles. The highest BCUT2D eigenvalue weighted by atomic mass is 16.5. The molecular weight excluding hydrogens is 180 g/mol. The van der Waals surface area contributed by atoms with Gasteiger partial charge in [0.05, 0.1) is 0 Å². The van der Waals surface area contributed by atoms with E-state index in [0.29, 0.717) is 18.7 Å². The van der Waals surface area contributed by atoms with Crippen molar-refractivity contribution < 1.29 is 9.53 Å². The number of ether oxygens (including phenoxy) is 1. The first kappa shape index (κ1) is 10.9. The summed E-state index contributed by atoms with van der Waals surface area (Å²) in [6.07, 6.45) is 2.09. The van der Waals surface area contributed by atoms with Gasteiger partial charge in [-0.3, -0.25) is 9.48 Å². The molecule has 4 heteroatoms. The van der Waals surface area contributed by atoms with Crippen molar-refractivity contribution >= 4 is 5.78 Å². The lowest BCUT2D eigenvalue weighted by Crippen LogP contribution is -2.24. The van der Waals surface area contributed by atoms with Crippen LogP contribution in [0.4, 0.5) is 0 Å². The van der Waals surface area contributed by atoms with Gasteiger partial charge in [0.15, 0.2) is 0 Å². The van der Waals surface area contributed by atoms with Crippen LogP contribution < -0.4 is 0 Å². The van der Waals surface area contributed by atoms with E-state index in [-0.39, 0.29) is 11.9 Å². The maximum Gasteiger partial charge on any atom is 0.211 e. The summed E-state index contributed by atoms with van der Waals surface area (Å²) in [6.45, 7) is 4.37. The van der Waals surface area contributed by atoms with E-state index < -0.39 is 0 Å². The van der Waals surface area contributed by atoms with Crippen LogP contribution in [-0.2, 0) is 11.8 Å². The zero-order valence-electron chi connectivity index (χ0n) is 8.86. The Balaban J connectivity index is 2.72. The molecule has 1 aromatic heterocycles. The third kappa shape index (κ3) is 2.42. The first-order valence-corrected chi connectivity index (χ1v) is 4.84. The summed E-state index contributed by atoms with van der Waals surface area (Å²) in [7, 11) is 1.79. The molecule has 0 bridgehead atoms. The van der Waals surface area contributed by atoms with Gasteiger partial charge in [-0.25, -0.2) is 0 Å². The second-order valence-electron chi connectivity index (χ2n) is 3.09. The Hall–Kier alpha value is -1.16. The standard InChI is InChI=1S/C10H16N2O2/c1-4-9(14-5-2)10(13)8-6-7-12(3)11-8/h6-7,9H,4-5H2,1-3H3. The fraction of sp³-hybridized carbons (Fsp3) is 0.600. The summed E-state index contributed by atoms with van der Waals surface area (Å²) >= 11 is 0. The Bertz CT molecular complexity index is 307. The summed E-state index contributed by atoms with van der Waals surface area (Å²) in [5, 5.41) is 4.05. The molecule has 78 valence electrons. The highest BCUT2D eigenvalue weighted by molar-refractivity contribution is 5.97. The molecule has 0 aliphatic rings. The van der Waals surface area contributed by atoms with E-state index in [4.69, 9.17) is 4.74 Å². The van der Waals surface area contributed by atoms with Crippen LogP contribution in [-0.4, -0.2) is 28.3 Å². The number of Topliss-reactive ketones (excluding diaryl/α,β-unsaturated/α-hetero) is 1. The van der Waals surface area contributed by atoms with E-state index >= 15 is 0 Å². The number of hydrogen-bond acceptors (Lipinski definition) is 3. The third-order valence-corrected chi connectivity index (χ3v) is 2.00. The number of aromatic nitrogens is 2. The van der Waals surface area contributed by atoms with Crippen molar-refractivity contribution in [3.63, 3.8) is 0 Å². The predicted octanol–water partition coefficient (Wildman–Crippen LogP) is 1.42. The van der Waals surface area contributed by atoms with Crippen LogP contribution in [0.25, 0.3) is 0 Å². The van der Waals surface area contributed by atoms with Gasteiger partial charge in [0, 0.05) is 19.9 Å². The van der Waals surface area contributed by atoms with Gasteiger partial charge in [-0.2, -0.15) is 5.10 Å². The van der Waals surface area contributed by atoms with Gasteiger partial charge in [-0.05, 0) is 19.4 Å². The second-order valence-corrected chi connectivity index (χ2v) is 3.09. The molecule has 0 N–H and O–H groups in total. The van der Waals surface area contributed by atoms with Gasteiger partial charge in [0.2, 0.25) is 5.78 Å². The lowest BCUT2D eigenvalue weighted by molar-refractivity contribution is 0.0438. The van der Waals surface area contributed by atoms with Crippen LogP contribution >= 0.6 is 0 Å². The highest BCUT2D eigenvalue weighted by Crippen LogP contribution is 2.07. The number of carbonyl (C=O) groups excluding carboxylic acids is 1. The first-order valence-electron chi connectivity index (χ1n) is 4.84. The third-order valence-electron chi connectivity index (χ3n) is 2.00. The van der Waals surface area contributed by atoms with Crippen LogP contribution in [0, 0.1) is 0 Å². The minimum Gasteiger partial charge on any atom is -0.370 e. The molecule has 4 nitrogen and oxygen atoms in total. The second kappa shape index (κ2) is 4.91. The van der Waals surface area contributed by atoms with Crippen molar-refractivity contribution in [1.29, 1.82) is 0 Å². The number of ketones is 1. The summed E-state index contributed by atoms with van der Waals surface area (Å²) in [5.74, 6) is -0.0325. The minimum absolute atomic E-state index is 0.0325. The fourth-order valence-corrected chi connectivity index (χ4v) is 1.29. The Morgan fingerprint density at radius 1 is 1.64 bits per heavy atom. The van der Waals surface area contributed by atoms with E-state index in [9.17, 15) is 4.79 Å². The van der Waals surface area contributed by atoms with Crippen LogP contribution in [0.15, 0.2) is 12.3 Å². The van der Waals surface area contributed by atoms with Crippen molar-refractivity contribution in [2.75, 3.05) is 6.61 Å². The fourth-order valence-electron chi connectivity index (χ4n) is 1.29. The number of hydrogen-bond donors (Lipinski definition) is 0. The number of aryl methyl sites for hydroxylation is 1. The molecule has 0 aliphatic heterocycles. The number of rotatable bonds is 5. The molecule has 1 rings (SSSR count). The molecular formula is C10H16N2O2. The van der Waals surface area contributed by atoms with Gasteiger partial charge in [-0.15, -0.1) is 0 Å². The molecule has 1 aromatic rings. The largest absolute Gasteiger partial charge is 0.370 e. The highest BCUT2D eigenvalue weighted by Gasteiger charge is 2.20. The van der Waals surface area contributed by atoms with Gasteiger partial charge in [0.1, 0.15) is 11.8 Å². The summed E-state index contributed by atoms with van der Waals surface area (Å²) in [6, 6.07) is 1.71. The molecule has 0 spiro atoms. The quantitative estimate of drug-likeness (QED) is 0.669. The van der Waals surface area contributed by atoms with E-state index in [1.165, 1.54) is 0 Å². The molecule has 0 radical (unpaired) electrons. The topological polar surface area (TPSA) is 44.1 Å². The van der Waals surface area contributed by atoms with Gasteiger partial charge >= 0.3 is 0 Å². The molecule has 1 unspecified atom stereocenters. The summed E-state index contributed by atoms with van der Waals surface area (Å²) in [5.41, 5.74) is 0.479. The van der Waals surface area contributed by atoms with Crippen LogP contribution in [0.1, 0.15) is 30.8 Å². The minimum atomic E-state index is -0.352. The maximum absolute atomic E-state index is 11.8. The van der Waals surface area contributed by atoms with E-state index in [0.717, 1.165) is 0 Å². The maximum atomic E-state index is 11.8.